The largest absolute Gasteiger partial charge is 0.390 e. The third-order valence-corrected chi connectivity index (χ3v) is 3.60. The summed E-state index contributed by atoms with van der Waals surface area (Å²) in [6, 6.07) is 4.21. The van der Waals surface area contributed by atoms with Crippen LogP contribution in [-0.4, -0.2) is 28.8 Å². The van der Waals surface area contributed by atoms with E-state index in [-0.39, 0.29) is 0 Å². The molecule has 0 aromatic carbocycles. The van der Waals surface area contributed by atoms with Crippen LogP contribution in [0.3, 0.4) is 0 Å². The molecule has 0 unspecified atom stereocenters. The maximum absolute atomic E-state index is 9.97. The minimum Gasteiger partial charge on any atom is -0.390 e. The topological polar surface area (TPSA) is 60.1 Å². The van der Waals surface area contributed by atoms with Gasteiger partial charge in [0.05, 0.1) is 22.5 Å². The zero-order chi connectivity index (χ0) is 13.3. The van der Waals surface area contributed by atoms with Crippen molar-refractivity contribution >= 4 is 5.69 Å². The van der Waals surface area contributed by atoms with Gasteiger partial charge in [0, 0.05) is 18.8 Å². The molecule has 1 fully saturated rings. The Morgan fingerprint density at radius 3 is 2.56 bits per heavy atom. The van der Waals surface area contributed by atoms with E-state index in [2.05, 4.69) is 16.0 Å². The Morgan fingerprint density at radius 1 is 1.39 bits per heavy atom. The maximum Gasteiger partial charge on any atom is 0.103 e. The number of hydrogen-bond acceptors (Lipinski definition) is 4. The monoisotopic (exact) mass is 245 g/mol. The van der Waals surface area contributed by atoms with Gasteiger partial charge < -0.3 is 10.0 Å². The number of aryl methyl sites for hydroxylation is 2. The predicted molar refractivity (Wildman–Crippen MR) is 70.5 cm³/mol. The summed E-state index contributed by atoms with van der Waals surface area (Å²) in [5, 5.41) is 19.2. The highest BCUT2D eigenvalue weighted by atomic mass is 16.3. The summed E-state index contributed by atoms with van der Waals surface area (Å²) >= 11 is 0. The van der Waals surface area contributed by atoms with Crippen LogP contribution in [0, 0.1) is 25.2 Å². The first kappa shape index (κ1) is 12.8. The molecule has 0 amide bonds. The summed E-state index contributed by atoms with van der Waals surface area (Å²) in [6.07, 6.45) is 1.47. The third-order valence-electron chi connectivity index (χ3n) is 3.60. The predicted octanol–water partition coefficient (Wildman–Crippen LogP) is 1.92. The van der Waals surface area contributed by atoms with E-state index >= 15 is 0 Å². The van der Waals surface area contributed by atoms with E-state index < -0.39 is 5.60 Å². The molecule has 4 heteroatoms. The number of hydrogen-bond donors (Lipinski definition) is 1. The number of piperidine rings is 1. The van der Waals surface area contributed by atoms with Crippen molar-refractivity contribution in [2.75, 3.05) is 18.0 Å². The molecular weight excluding hydrogens is 226 g/mol. The number of aliphatic hydroxyl groups is 1. The van der Waals surface area contributed by atoms with E-state index in [9.17, 15) is 10.4 Å². The van der Waals surface area contributed by atoms with Crippen LogP contribution in [0.2, 0.25) is 0 Å². The zero-order valence-corrected chi connectivity index (χ0v) is 11.2. The lowest BCUT2D eigenvalue weighted by Gasteiger charge is -2.37. The van der Waals surface area contributed by atoms with Crippen molar-refractivity contribution in [3.8, 4) is 6.07 Å². The van der Waals surface area contributed by atoms with Gasteiger partial charge in [0.1, 0.15) is 6.07 Å². The van der Waals surface area contributed by atoms with Gasteiger partial charge in [0.25, 0.3) is 0 Å². The molecular formula is C14H19N3O. The van der Waals surface area contributed by atoms with Crippen LogP contribution >= 0.6 is 0 Å². The number of anilines is 1. The van der Waals surface area contributed by atoms with E-state index in [0.717, 1.165) is 43.0 Å². The zero-order valence-electron chi connectivity index (χ0n) is 11.2. The van der Waals surface area contributed by atoms with E-state index in [4.69, 9.17) is 0 Å². The van der Waals surface area contributed by atoms with E-state index in [1.807, 2.05) is 26.8 Å². The van der Waals surface area contributed by atoms with Crippen molar-refractivity contribution in [1.29, 1.82) is 5.26 Å². The van der Waals surface area contributed by atoms with Gasteiger partial charge in [-0.15, -0.1) is 0 Å². The molecule has 0 saturated carbocycles. The Labute approximate surface area is 108 Å². The molecule has 2 rings (SSSR count). The highest BCUT2D eigenvalue weighted by Gasteiger charge is 2.28. The minimum absolute atomic E-state index is 0.569. The van der Waals surface area contributed by atoms with Gasteiger partial charge >= 0.3 is 0 Å². The van der Waals surface area contributed by atoms with E-state index in [0.29, 0.717) is 5.56 Å². The normalized spacial score (nSPS) is 18.5. The van der Waals surface area contributed by atoms with Gasteiger partial charge in [0.2, 0.25) is 0 Å². The first-order valence-corrected chi connectivity index (χ1v) is 6.28. The van der Waals surface area contributed by atoms with Crippen molar-refractivity contribution in [3.05, 3.63) is 23.0 Å². The van der Waals surface area contributed by atoms with E-state index in [1.54, 1.807) is 0 Å². The summed E-state index contributed by atoms with van der Waals surface area (Å²) in [7, 11) is 0. The summed E-state index contributed by atoms with van der Waals surface area (Å²) in [5.74, 6) is 0. The number of rotatable bonds is 1. The minimum atomic E-state index is -0.569. The third kappa shape index (κ3) is 2.46. The summed E-state index contributed by atoms with van der Waals surface area (Å²) < 4.78 is 0. The highest BCUT2D eigenvalue weighted by Crippen LogP contribution is 2.29. The SMILES string of the molecule is Cc1cc(N2CCC(C)(O)CC2)c(C#N)c(C)n1. The summed E-state index contributed by atoms with van der Waals surface area (Å²) in [4.78, 5) is 6.51. The Bertz CT molecular complexity index is 492. The van der Waals surface area contributed by atoms with Gasteiger partial charge in [-0.2, -0.15) is 5.26 Å². The standard InChI is InChI=1S/C14H19N3O/c1-10-8-13(12(9-15)11(2)16-10)17-6-4-14(3,18)5-7-17/h8,18H,4-7H2,1-3H3. The van der Waals surface area contributed by atoms with Crippen molar-refractivity contribution < 1.29 is 5.11 Å². The van der Waals surface area contributed by atoms with Crippen LogP contribution in [0.25, 0.3) is 0 Å². The molecule has 1 aliphatic heterocycles. The number of pyridine rings is 1. The van der Waals surface area contributed by atoms with Gasteiger partial charge in [-0.05, 0) is 39.7 Å². The lowest BCUT2D eigenvalue weighted by molar-refractivity contribution is 0.0351. The fourth-order valence-electron chi connectivity index (χ4n) is 2.43. The first-order valence-electron chi connectivity index (χ1n) is 6.28. The smallest absolute Gasteiger partial charge is 0.103 e. The number of nitriles is 1. The summed E-state index contributed by atoms with van der Waals surface area (Å²) in [6.45, 7) is 7.25. The molecule has 0 atom stereocenters. The quantitative estimate of drug-likeness (QED) is 0.821. The molecule has 0 radical (unpaired) electrons. The van der Waals surface area contributed by atoms with Crippen LogP contribution in [0.1, 0.15) is 36.7 Å². The summed E-state index contributed by atoms with van der Waals surface area (Å²) in [5.41, 5.74) is 2.75. The Hall–Kier alpha value is -1.60. The van der Waals surface area contributed by atoms with Crippen LogP contribution in [0.5, 0.6) is 0 Å². The Kier molecular flexibility index (Phi) is 3.27. The molecule has 1 aromatic heterocycles. The highest BCUT2D eigenvalue weighted by molar-refractivity contribution is 5.61. The molecule has 1 N–H and O–H groups in total. The second-order valence-electron chi connectivity index (χ2n) is 5.34. The molecule has 4 nitrogen and oxygen atoms in total. The maximum atomic E-state index is 9.97. The van der Waals surface area contributed by atoms with Crippen LogP contribution < -0.4 is 4.90 Å². The second-order valence-corrected chi connectivity index (χ2v) is 5.34. The van der Waals surface area contributed by atoms with Crippen LogP contribution in [0.4, 0.5) is 5.69 Å². The van der Waals surface area contributed by atoms with Crippen molar-refractivity contribution in [1.82, 2.24) is 4.98 Å². The van der Waals surface area contributed by atoms with Gasteiger partial charge in [0.15, 0.2) is 0 Å². The lowest BCUT2D eigenvalue weighted by atomic mass is 9.93. The van der Waals surface area contributed by atoms with Gasteiger partial charge in [-0.25, -0.2) is 0 Å². The molecule has 1 aliphatic rings. The average molecular weight is 245 g/mol. The molecule has 0 bridgehead atoms. The lowest BCUT2D eigenvalue weighted by Crippen LogP contribution is -2.42. The van der Waals surface area contributed by atoms with E-state index in [1.165, 1.54) is 0 Å². The molecule has 18 heavy (non-hydrogen) atoms. The van der Waals surface area contributed by atoms with Crippen molar-refractivity contribution in [2.24, 2.45) is 0 Å². The Morgan fingerprint density at radius 2 is 2.00 bits per heavy atom. The van der Waals surface area contributed by atoms with Crippen molar-refractivity contribution in [2.45, 2.75) is 39.2 Å². The molecule has 0 aliphatic carbocycles. The first-order chi connectivity index (χ1) is 8.43. The van der Waals surface area contributed by atoms with Crippen molar-refractivity contribution in [3.63, 3.8) is 0 Å². The number of nitrogens with zero attached hydrogens (tertiary/aromatic N) is 3. The second kappa shape index (κ2) is 4.58. The molecule has 1 aromatic rings. The Balaban J connectivity index is 2.32. The molecule has 1 saturated heterocycles. The molecule has 2 heterocycles. The fraction of sp³-hybridized carbons (Fsp3) is 0.571. The molecule has 96 valence electrons. The molecule has 0 spiro atoms. The van der Waals surface area contributed by atoms with Gasteiger partial charge in [-0.1, -0.05) is 0 Å². The fourth-order valence-corrected chi connectivity index (χ4v) is 2.43. The van der Waals surface area contributed by atoms with Gasteiger partial charge in [-0.3, -0.25) is 4.98 Å². The van der Waals surface area contributed by atoms with Crippen LogP contribution in [-0.2, 0) is 0 Å². The average Bonchev–Trinajstić information content (AvgIpc) is 2.28. The number of aromatic nitrogens is 1. The van der Waals surface area contributed by atoms with Crippen LogP contribution in [0.15, 0.2) is 6.07 Å².